The van der Waals surface area contributed by atoms with Gasteiger partial charge in [-0.3, -0.25) is 9.97 Å². The van der Waals surface area contributed by atoms with Crippen LogP contribution in [0.2, 0.25) is 0 Å². The summed E-state index contributed by atoms with van der Waals surface area (Å²) in [5, 5.41) is 7.79. The lowest BCUT2D eigenvalue weighted by Crippen LogP contribution is -2.36. The molecular weight excluding hydrogens is 354 g/mol. The second-order valence-electron chi connectivity index (χ2n) is 6.49. The lowest BCUT2D eigenvalue weighted by Gasteiger charge is -2.28. The average Bonchev–Trinajstić information content (AvgIpc) is 3.18. The van der Waals surface area contributed by atoms with Crippen LogP contribution in [0.25, 0.3) is 16.9 Å². The molecule has 0 radical (unpaired) electrons. The molecule has 1 fully saturated rings. The Kier molecular flexibility index (Phi) is 4.30. The molecule has 4 heterocycles. The van der Waals surface area contributed by atoms with Crippen LogP contribution in [-0.2, 0) is 4.74 Å². The Bertz CT molecular complexity index is 1070. The largest absolute Gasteiger partial charge is 0.378 e. The van der Waals surface area contributed by atoms with Gasteiger partial charge in [-0.15, -0.1) is 5.10 Å². The van der Waals surface area contributed by atoms with Crippen LogP contribution >= 0.6 is 0 Å². The Morgan fingerprint density at radius 1 is 1.00 bits per heavy atom. The van der Waals surface area contributed by atoms with Gasteiger partial charge in [0, 0.05) is 54.8 Å². The SMILES string of the molecule is c1cncc(-c2nccn3nc(Nc4ccc(N5CCOCC5)cc4)nc23)c1. The van der Waals surface area contributed by atoms with E-state index in [-0.39, 0.29) is 0 Å². The summed E-state index contributed by atoms with van der Waals surface area (Å²) in [6.45, 7) is 3.40. The standard InChI is InChI=1S/C20H19N7O/c1-2-15(14-21-7-1)18-19-24-20(25-27(19)9-8-22-18)23-16-3-5-17(6-4-16)26-10-12-28-13-11-26/h1-9,14H,10-13H2,(H,23,25). The highest BCUT2D eigenvalue weighted by Crippen LogP contribution is 2.23. The van der Waals surface area contributed by atoms with Gasteiger partial charge in [-0.1, -0.05) is 0 Å². The minimum atomic E-state index is 0.525. The molecule has 1 aromatic carbocycles. The fraction of sp³-hybridized carbons (Fsp3) is 0.200. The number of ether oxygens (including phenoxy) is 1. The summed E-state index contributed by atoms with van der Waals surface area (Å²) in [6.07, 6.45) is 7.01. The lowest BCUT2D eigenvalue weighted by molar-refractivity contribution is 0.122. The quantitative estimate of drug-likeness (QED) is 0.589. The minimum Gasteiger partial charge on any atom is -0.378 e. The first-order valence-electron chi connectivity index (χ1n) is 9.18. The van der Waals surface area contributed by atoms with Gasteiger partial charge in [0.15, 0.2) is 5.65 Å². The Morgan fingerprint density at radius 3 is 2.64 bits per heavy atom. The van der Waals surface area contributed by atoms with E-state index in [1.165, 1.54) is 5.69 Å². The highest BCUT2D eigenvalue weighted by atomic mass is 16.5. The van der Waals surface area contributed by atoms with E-state index in [9.17, 15) is 0 Å². The van der Waals surface area contributed by atoms with Crippen molar-refractivity contribution in [1.82, 2.24) is 24.6 Å². The predicted molar refractivity (Wildman–Crippen MR) is 107 cm³/mol. The van der Waals surface area contributed by atoms with E-state index in [0.717, 1.165) is 43.2 Å². The minimum absolute atomic E-state index is 0.525. The third kappa shape index (κ3) is 3.25. The molecule has 0 amide bonds. The summed E-state index contributed by atoms with van der Waals surface area (Å²) in [4.78, 5) is 15.6. The van der Waals surface area contributed by atoms with Crippen LogP contribution in [0.3, 0.4) is 0 Å². The average molecular weight is 373 g/mol. The molecule has 0 saturated carbocycles. The van der Waals surface area contributed by atoms with Gasteiger partial charge in [0.05, 0.1) is 13.2 Å². The fourth-order valence-corrected chi connectivity index (χ4v) is 3.28. The Hall–Kier alpha value is -3.52. The Morgan fingerprint density at radius 2 is 1.86 bits per heavy atom. The van der Waals surface area contributed by atoms with E-state index >= 15 is 0 Å². The topological polar surface area (TPSA) is 80.5 Å². The van der Waals surface area contributed by atoms with Crippen molar-refractivity contribution >= 4 is 23.0 Å². The Labute approximate surface area is 161 Å². The van der Waals surface area contributed by atoms with Crippen molar-refractivity contribution in [3.8, 4) is 11.3 Å². The predicted octanol–water partition coefficient (Wildman–Crippen LogP) is 2.77. The zero-order valence-corrected chi connectivity index (χ0v) is 15.2. The summed E-state index contributed by atoms with van der Waals surface area (Å²) in [6, 6.07) is 12.1. The van der Waals surface area contributed by atoms with Gasteiger partial charge in [0.25, 0.3) is 0 Å². The van der Waals surface area contributed by atoms with Crippen LogP contribution < -0.4 is 10.2 Å². The van der Waals surface area contributed by atoms with Crippen LogP contribution in [0.1, 0.15) is 0 Å². The van der Waals surface area contributed by atoms with Gasteiger partial charge >= 0.3 is 0 Å². The molecule has 3 aromatic heterocycles. The summed E-state index contributed by atoms with van der Waals surface area (Å²) in [5.41, 5.74) is 4.47. The number of pyridine rings is 1. The molecule has 0 bridgehead atoms. The molecule has 0 spiro atoms. The van der Waals surface area contributed by atoms with Crippen molar-refractivity contribution < 1.29 is 4.74 Å². The van der Waals surface area contributed by atoms with E-state index in [4.69, 9.17) is 4.74 Å². The lowest BCUT2D eigenvalue weighted by atomic mass is 10.2. The van der Waals surface area contributed by atoms with Crippen LogP contribution in [0.5, 0.6) is 0 Å². The van der Waals surface area contributed by atoms with E-state index in [0.29, 0.717) is 11.6 Å². The van der Waals surface area contributed by atoms with Gasteiger partial charge in [-0.2, -0.15) is 4.98 Å². The molecule has 0 atom stereocenters. The van der Waals surface area contributed by atoms with Crippen molar-refractivity contribution in [2.24, 2.45) is 0 Å². The highest BCUT2D eigenvalue weighted by Gasteiger charge is 2.13. The van der Waals surface area contributed by atoms with Crippen LogP contribution in [-0.4, -0.2) is 50.9 Å². The number of anilines is 3. The van der Waals surface area contributed by atoms with E-state index < -0.39 is 0 Å². The van der Waals surface area contributed by atoms with Gasteiger partial charge in [0.1, 0.15) is 5.69 Å². The number of rotatable bonds is 4. The normalized spacial score (nSPS) is 14.4. The summed E-state index contributed by atoms with van der Waals surface area (Å²) >= 11 is 0. The number of benzene rings is 1. The van der Waals surface area contributed by atoms with E-state index in [2.05, 4.69) is 42.4 Å². The Balaban J connectivity index is 1.40. The maximum atomic E-state index is 5.41. The number of morpholine rings is 1. The second-order valence-corrected chi connectivity index (χ2v) is 6.49. The first-order chi connectivity index (χ1) is 13.9. The van der Waals surface area contributed by atoms with E-state index in [1.807, 2.05) is 24.3 Å². The van der Waals surface area contributed by atoms with Crippen molar-refractivity contribution in [1.29, 1.82) is 0 Å². The summed E-state index contributed by atoms with van der Waals surface area (Å²) < 4.78 is 7.13. The van der Waals surface area contributed by atoms with Crippen LogP contribution in [0, 0.1) is 0 Å². The smallest absolute Gasteiger partial charge is 0.247 e. The van der Waals surface area contributed by atoms with Gasteiger partial charge < -0.3 is 15.0 Å². The number of fused-ring (bicyclic) bond motifs is 1. The summed E-state index contributed by atoms with van der Waals surface area (Å²) in [7, 11) is 0. The van der Waals surface area contributed by atoms with Gasteiger partial charge in [-0.05, 0) is 36.4 Å². The van der Waals surface area contributed by atoms with Gasteiger partial charge in [-0.25, -0.2) is 4.52 Å². The molecule has 0 aliphatic carbocycles. The van der Waals surface area contributed by atoms with Crippen molar-refractivity contribution in [2.75, 3.05) is 36.5 Å². The van der Waals surface area contributed by atoms with Crippen molar-refractivity contribution in [2.45, 2.75) is 0 Å². The third-order valence-electron chi connectivity index (χ3n) is 4.69. The number of aromatic nitrogens is 5. The molecule has 1 aliphatic rings. The zero-order valence-electron chi connectivity index (χ0n) is 15.2. The number of nitrogens with zero attached hydrogens (tertiary/aromatic N) is 6. The first-order valence-corrected chi connectivity index (χ1v) is 9.18. The number of nitrogens with one attached hydrogen (secondary N) is 1. The molecule has 8 nitrogen and oxygen atoms in total. The van der Waals surface area contributed by atoms with Crippen LogP contribution in [0.15, 0.2) is 61.2 Å². The van der Waals surface area contributed by atoms with Crippen molar-refractivity contribution in [3.05, 3.63) is 61.2 Å². The van der Waals surface area contributed by atoms with E-state index in [1.54, 1.807) is 29.3 Å². The summed E-state index contributed by atoms with van der Waals surface area (Å²) in [5.74, 6) is 0.525. The van der Waals surface area contributed by atoms with Crippen molar-refractivity contribution in [3.63, 3.8) is 0 Å². The molecule has 140 valence electrons. The molecular formula is C20H19N7O. The maximum absolute atomic E-state index is 5.41. The maximum Gasteiger partial charge on any atom is 0.247 e. The van der Waals surface area contributed by atoms with Crippen LogP contribution in [0.4, 0.5) is 17.3 Å². The first kappa shape index (κ1) is 16.6. The second kappa shape index (κ2) is 7.24. The molecule has 28 heavy (non-hydrogen) atoms. The molecule has 1 aliphatic heterocycles. The fourth-order valence-electron chi connectivity index (χ4n) is 3.28. The molecule has 0 unspecified atom stereocenters. The van der Waals surface area contributed by atoms with Gasteiger partial charge in [0.2, 0.25) is 5.95 Å². The third-order valence-corrected chi connectivity index (χ3v) is 4.69. The number of hydrogen-bond acceptors (Lipinski definition) is 7. The molecule has 5 rings (SSSR count). The highest BCUT2D eigenvalue weighted by molar-refractivity contribution is 5.74. The monoisotopic (exact) mass is 373 g/mol. The zero-order chi connectivity index (χ0) is 18.8. The number of hydrogen-bond donors (Lipinski definition) is 1. The molecule has 1 saturated heterocycles. The molecule has 1 N–H and O–H groups in total. The molecule has 8 heteroatoms. The molecule has 4 aromatic rings.